The summed E-state index contributed by atoms with van der Waals surface area (Å²) in [6, 6.07) is 0.892. The van der Waals surface area contributed by atoms with E-state index in [1.54, 1.807) is 0 Å². The van der Waals surface area contributed by atoms with Gasteiger partial charge in [-0.25, -0.2) is 14.6 Å². The molecule has 0 radical (unpaired) electrons. The summed E-state index contributed by atoms with van der Waals surface area (Å²) in [4.78, 5) is 28.7. The predicted molar refractivity (Wildman–Crippen MR) is 49.4 cm³/mol. The summed E-state index contributed by atoms with van der Waals surface area (Å²) in [6.07, 6.45) is 1.19. The molecule has 1 N–H and O–H groups in total. The maximum atomic E-state index is 11.0. The van der Waals surface area contributed by atoms with Crippen molar-refractivity contribution in [2.24, 2.45) is 0 Å². The van der Waals surface area contributed by atoms with E-state index in [9.17, 15) is 9.59 Å². The smallest absolute Gasteiger partial charge is 0.354 e. The maximum Gasteiger partial charge on any atom is 0.354 e. The van der Waals surface area contributed by atoms with Crippen LogP contribution in [-0.4, -0.2) is 27.0 Å². The summed E-state index contributed by atoms with van der Waals surface area (Å²) in [5.74, 6) is -1.91. The first kappa shape index (κ1) is 10.8. The van der Waals surface area contributed by atoms with Gasteiger partial charge in [0.1, 0.15) is 0 Å². The highest BCUT2D eigenvalue weighted by atomic mass is 16.5. The summed E-state index contributed by atoms with van der Waals surface area (Å²) < 4.78 is 4.64. The third-order valence-corrected chi connectivity index (χ3v) is 1.39. The average molecular weight is 208 g/mol. The quantitative estimate of drug-likeness (QED) is 0.579. The number of carboxylic acids is 1. The van der Waals surface area contributed by atoms with Crippen LogP contribution in [-0.2, 0) is 4.79 Å². The molecule has 0 aliphatic rings. The first-order valence-electron chi connectivity index (χ1n) is 3.94. The van der Waals surface area contributed by atoms with E-state index in [0.717, 1.165) is 0 Å². The predicted octanol–water partition coefficient (Wildman–Crippen LogP) is 0.656. The molecule has 0 saturated carbocycles. The number of carboxylic acid groups (broad SMARTS) is 1. The highest BCUT2D eigenvalue weighted by Gasteiger charge is 2.10. The van der Waals surface area contributed by atoms with Gasteiger partial charge in [-0.1, -0.05) is 6.58 Å². The Hall–Kier alpha value is -2.24. The lowest BCUT2D eigenvalue weighted by Gasteiger charge is -2.01. The second-order valence-corrected chi connectivity index (χ2v) is 2.70. The van der Waals surface area contributed by atoms with Crippen LogP contribution in [0.15, 0.2) is 24.4 Å². The lowest BCUT2D eigenvalue weighted by atomic mass is 10.4. The summed E-state index contributed by atoms with van der Waals surface area (Å²) in [7, 11) is 0. The van der Waals surface area contributed by atoms with Crippen LogP contribution in [0.1, 0.15) is 17.4 Å². The fourth-order valence-electron chi connectivity index (χ4n) is 0.679. The van der Waals surface area contributed by atoms with Crippen LogP contribution in [0, 0.1) is 0 Å². The van der Waals surface area contributed by atoms with Gasteiger partial charge in [-0.05, 0) is 13.0 Å². The molecular formula is C9H8N2O4. The molecule has 78 valence electrons. The van der Waals surface area contributed by atoms with Crippen molar-refractivity contribution in [1.82, 2.24) is 9.97 Å². The van der Waals surface area contributed by atoms with E-state index in [2.05, 4.69) is 21.3 Å². The second kappa shape index (κ2) is 4.32. The minimum atomic E-state index is -1.22. The van der Waals surface area contributed by atoms with Crippen molar-refractivity contribution in [3.8, 4) is 6.01 Å². The molecule has 0 atom stereocenters. The van der Waals surface area contributed by atoms with E-state index >= 15 is 0 Å². The van der Waals surface area contributed by atoms with Crippen LogP contribution >= 0.6 is 0 Å². The molecule has 0 unspecified atom stereocenters. The van der Waals surface area contributed by atoms with Crippen LogP contribution in [0.3, 0.4) is 0 Å². The molecule has 0 saturated heterocycles. The van der Waals surface area contributed by atoms with Gasteiger partial charge in [0.25, 0.3) is 0 Å². The lowest BCUT2D eigenvalue weighted by molar-refractivity contribution is -0.130. The largest absolute Gasteiger partial charge is 0.477 e. The van der Waals surface area contributed by atoms with Crippen molar-refractivity contribution in [1.29, 1.82) is 0 Å². The van der Waals surface area contributed by atoms with E-state index in [4.69, 9.17) is 5.11 Å². The van der Waals surface area contributed by atoms with Crippen LogP contribution in [0.5, 0.6) is 6.01 Å². The van der Waals surface area contributed by atoms with Gasteiger partial charge in [0.05, 0.1) is 0 Å². The molecule has 6 heteroatoms. The molecule has 0 spiro atoms. The van der Waals surface area contributed by atoms with Crippen LogP contribution in [0.2, 0.25) is 0 Å². The van der Waals surface area contributed by atoms with Crippen LogP contribution in [0.25, 0.3) is 0 Å². The fraction of sp³-hybridized carbons (Fsp3) is 0.111. The van der Waals surface area contributed by atoms with E-state index < -0.39 is 11.9 Å². The molecule has 0 aliphatic carbocycles. The second-order valence-electron chi connectivity index (χ2n) is 2.70. The Labute approximate surface area is 85.2 Å². The maximum absolute atomic E-state index is 11.0. The number of ether oxygens (including phenoxy) is 1. The van der Waals surface area contributed by atoms with E-state index in [0.29, 0.717) is 0 Å². The Kier molecular flexibility index (Phi) is 3.12. The molecule has 0 fully saturated rings. The first-order chi connectivity index (χ1) is 7.00. The first-order valence-corrected chi connectivity index (χ1v) is 3.94. The minimum absolute atomic E-state index is 0.180. The number of nitrogens with zero attached hydrogens (tertiary/aromatic N) is 2. The molecule has 1 rings (SSSR count). The molecule has 1 aromatic heterocycles. The number of aromatic carboxylic acids is 1. The van der Waals surface area contributed by atoms with Crippen molar-refractivity contribution < 1.29 is 19.4 Å². The Morgan fingerprint density at radius 1 is 1.53 bits per heavy atom. The molecule has 0 aromatic carbocycles. The number of hydrogen-bond donors (Lipinski definition) is 1. The zero-order chi connectivity index (χ0) is 11.4. The number of rotatable bonds is 3. The van der Waals surface area contributed by atoms with Gasteiger partial charge in [0.2, 0.25) is 0 Å². The molecular weight excluding hydrogens is 200 g/mol. The highest BCUT2D eigenvalue weighted by molar-refractivity contribution is 5.88. The number of aromatic nitrogens is 2. The van der Waals surface area contributed by atoms with Crippen molar-refractivity contribution in [3.05, 3.63) is 30.1 Å². The molecule has 15 heavy (non-hydrogen) atoms. The topological polar surface area (TPSA) is 89.4 Å². The van der Waals surface area contributed by atoms with Gasteiger partial charge in [0.15, 0.2) is 5.69 Å². The Morgan fingerprint density at radius 2 is 2.20 bits per heavy atom. The zero-order valence-electron chi connectivity index (χ0n) is 7.93. The van der Waals surface area contributed by atoms with Gasteiger partial charge in [0, 0.05) is 11.8 Å². The van der Waals surface area contributed by atoms with Gasteiger partial charge >= 0.3 is 17.9 Å². The normalized spacial score (nSPS) is 9.40. The Morgan fingerprint density at radius 3 is 2.73 bits per heavy atom. The number of hydrogen-bond acceptors (Lipinski definition) is 5. The van der Waals surface area contributed by atoms with Crippen molar-refractivity contribution in [2.45, 2.75) is 6.92 Å². The summed E-state index contributed by atoms with van der Waals surface area (Å²) >= 11 is 0. The standard InChI is InChI=1S/C9H8N2O4/c1-5(2)8(14)15-9-10-4-3-6(11-9)7(12)13/h3-4H,1H2,2H3,(H,12,13). The summed E-state index contributed by atoms with van der Waals surface area (Å²) in [5.41, 5.74) is -0.0613. The SMILES string of the molecule is C=C(C)C(=O)Oc1nccc(C(=O)O)n1. The van der Waals surface area contributed by atoms with Crippen molar-refractivity contribution >= 4 is 11.9 Å². The molecule has 6 nitrogen and oxygen atoms in total. The third-order valence-electron chi connectivity index (χ3n) is 1.39. The molecule has 0 amide bonds. The highest BCUT2D eigenvalue weighted by Crippen LogP contribution is 2.05. The van der Waals surface area contributed by atoms with Crippen LogP contribution < -0.4 is 4.74 Å². The summed E-state index contributed by atoms with van der Waals surface area (Å²) in [6.45, 7) is 4.82. The number of carbonyl (C=O) groups excluding carboxylic acids is 1. The van der Waals surface area contributed by atoms with Crippen LogP contribution in [0.4, 0.5) is 0 Å². The monoisotopic (exact) mass is 208 g/mol. The summed E-state index contributed by atoms with van der Waals surface area (Å²) in [5, 5.41) is 8.60. The Bertz CT molecular complexity index is 428. The third kappa shape index (κ3) is 2.87. The van der Waals surface area contributed by atoms with Gasteiger partial charge < -0.3 is 9.84 Å². The van der Waals surface area contributed by atoms with Crippen molar-refractivity contribution in [3.63, 3.8) is 0 Å². The lowest BCUT2D eigenvalue weighted by Crippen LogP contribution is -2.12. The van der Waals surface area contributed by atoms with Gasteiger partial charge in [-0.15, -0.1) is 0 Å². The van der Waals surface area contributed by atoms with E-state index in [1.165, 1.54) is 19.2 Å². The van der Waals surface area contributed by atoms with Crippen molar-refractivity contribution in [2.75, 3.05) is 0 Å². The van der Waals surface area contributed by atoms with E-state index in [-0.39, 0.29) is 17.3 Å². The molecule has 0 aliphatic heterocycles. The van der Waals surface area contributed by atoms with E-state index in [1.807, 2.05) is 0 Å². The molecule has 0 bridgehead atoms. The van der Waals surface area contributed by atoms with Gasteiger partial charge in [-0.3, -0.25) is 0 Å². The molecule has 1 aromatic rings. The number of esters is 1. The number of carbonyl (C=O) groups is 2. The zero-order valence-corrected chi connectivity index (χ0v) is 7.93. The minimum Gasteiger partial charge on any atom is -0.477 e. The molecule has 1 heterocycles. The fourth-order valence-corrected chi connectivity index (χ4v) is 0.679. The average Bonchev–Trinajstić information content (AvgIpc) is 2.18. The Balaban J connectivity index is 2.87. The van der Waals surface area contributed by atoms with Gasteiger partial charge in [-0.2, -0.15) is 4.98 Å².